The highest BCUT2D eigenvalue weighted by Crippen LogP contribution is 2.18. The fourth-order valence-corrected chi connectivity index (χ4v) is 1.80. The Morgan fingerprint density at radius 3 is 2.35 bits per heavy atom. The van der Waals surface area contributed by atoms with Crippen molar-refractivity contribution in [3.8, 4) is 0 Å². The molecule has 0 spiro atoms. The largest absolute Gasteiger partial charge is 0.315 e. The summed E-state index contributed by atoms with van der Waals surface area (Å²) in [7, 11) is 0. The summed E-state index contributed by atoms with van der Waals surface area (Å²) in [5, 5.41) is 8.63. The molecule has 1 aromatic heterocycles. The van der Waals surface area contributed by atoms with Crippen LogP contribution in [0.2, 0.25) is 5.02 Å². The zero-order valence-electron chi connectivity index (χ0n) is 11.6. The van der Waals surface area contributed by atoms with Crippen LogP contribution in [0.1, 0.15) is 38.6 Å². The molecule has 98 valence electrons. The minimum atomic E-state index is 0.397. The highest BCUT2D eigenvalue weighted by atomic mass is 35.5. The molecular formula is C13H24ClN3. The lowest BCUT2D eigenvalue weighted by Crippen LogP contribution is -2.25. The van der Waals surface area contributed by atoms with Crippen molar-refractivity contribution in [3.05, 3.63) is 16.4 Å². The average Bonchev–Trinajstić information content (AvgIpc) is 2.44. The SMILES string of the molecule is Cc1nn(CCNCCC(C)(C)C)c(C)c1Cl. The van der Waals surface area contributed by atoms with Gasteiger partial charge >= 0.3 is 0 Å². The van der Waals surface area contributed by atoms with E-state index in [9.17, 15) is 0 Å². The zero-order valence-corrected chi connectivity index (χ0v) is 12.4. The monoisotopic (exact) mass is 257 g/mol. The lowest BCUT2D eigenvalue weighted by molar-refractivity contribution is 0.364. The number of aromatic nitrogens is 2. The second-order valence-corrected chi connectivity index (χ2v) is 6.15. The van der Waals surface area contributed by atoms with Crippen LogP contribution in [-0.4, -0.2) is 22.9 Å². The van der Waals surface area contributed by atoms with Gasteiger partial charge in [-0.15, -0.1) is 0 Å². The Labute approximate surface area is 110 Å². The smallest absolute Gasteiger partial charge is 0.0844 e. The minimum absolute atomic E-state index is 0.397. The molecule has 1 rings (SSSR count). The normalized spacial score (nSPS) is 12.1. The second kappa shape index (κ2) is 5.87. The molecule has 3 nitrogen and oxygen atoms in total. The number of aryl methyl sites for hydroxylation is 1. The van der Waals surface area contributed by atoms with Gasteiger partial charge in [0, 0.05) is 6.54 Å². The van der Waals surface area contributed by atoms with E-state index in [2.05, 4.69) is 31.2 Å². The molecule has 17 heavy (non-hydrogen) atoms. The van der Waals surface area contributed by atoms with Gasteiger partial charge in [0.1, 0.15) is 0 Å². The fraction of sp³-hybridized carbons (Fsp3) is 0.769. The Morgan fingerprint density at radius 2 is 1.88 bits per heavy atom. The van der Waals surface area contributed by atoms with Crippen LogP contribution in [0.3, 0.4) is 0 Å². The van der Waals surface area contributed by atoms with Crippen molar-refractivity contribution in [1.29, 1.82) is 0 Å². The molecule has 0 unspecified atom stereocenters. The summed E-state index contributed by atoms with van der Waals surface area (Å²) in [6, 6.07) is 0. The lowest BCUT2D eigenvalue weighted by atomic mass is 9.92. The van der Waals surface area contributed by atoms with Crippen molar-refractivity contribution in [2.24, 2.45) is 5.41 Å². The van der Waals surface area contributed by atoms with Gasteiger partial charge in [-0.2, -0.15) is 5.10 Å². The van der Waals surface area contributed by atoms with Crippen LogP contribution in [0.4, 0.5) is 0 Å². The highest BCUT2D eigenvalue weighted by molar-refractivity contribution is 6.31. The summed E-state index contributed by atoms with van der Waals surface area (Å²) in [5.41, 5.74) is 2.37. The van der Waals surface area contributed by atoms with E-state index < -0.39 is 0 Å². The molecule has 0 saturated heterocycles. The third-order valence-corrected chi connectivity index (χ3v) is 3.39. The molecular weight excluding hydrogens is 234 g/mol. The van der Waals surface area contributed by atoms with E-state index in [0.717, 1.165) is 36.0 Å². The van der Waals surface area contributed by atoms with Crippen LogP contribution in [0.15, 0.2) is 0 Å². The molecule has 0 fully saturated rings. The Kier molecular flexibility index (Phi) is 5.02. The standard InChI is InChI=1S/C13H24ClN3/c1-10-12(14)11(2)17(16-10)9-8-15-7-6-13(3,4)5/h15H,6-9H2,1-5H3. The van der Waals surface area contributed by atoms with E-state index in [-0.39, 0.29) is 0 Å². The van der Waals surface area contributed by atoms with Gasteiger partial charge in [0.15, 0.2) is 0 Å². The van der Waals surface area contributed by atoms with E-state index in [1.54, 1.807) is 0 Å². The molecule has 4 heteroatoms. The maximum absolute atomic E-state index is 6.09. The van der Waals surface area contributed by atoms with E-state index in [1.165, 1.54) is 6.42 Å². The molecule has 1 N–H and O–H groups in total. The van der Waals surface area contributed by atoms with Crippen LogP contribution in [0.5, 0.6) is 0 Å². The van der Waals surface area contributed by atoms with Gasteiger partial charge in [-0.1, -0.05) is 32.4 Å². The molecule has 0 aliphatic heterocycles. The first-order chi connectivity index (χ1) is 7.81. The van der Waals surface area contributed by atoms with Crippen molar-refractivity contribution < 1.29 is 0 Å². The predicted molar refractivity (Wildman–Crippen MR) is 73.7 cm³/mol. The number of nitrogens with zero attached hydrogens (tertiary/aromatic N) is 2. The van der Waals surface area contributed by atoms with E-state index >= 15 is 0 Å². The molecule has 1 heterocycles. The molecule has 0 amide bonds. The topological polar surface area (TPSA) is 29.9 Å². The zero-order chi connectivity index (χ0) is 13.1. The summed E-state index contributed by atoms with van der Waals surface area (Å²) in [5.74, 6) is 0. The molecule has 0 saturated carbocycles. The van der Waals surface area contributed by atoms with Crippen LogP contribution >= 0.6 is 11.6 Å². The maximum Gasteiger partial charge on any atom is 0.0844 e. The van der Waals surface area contributed by atoms with Crippen molar-refractivity contribution in [3.63, 3.8) is 0 Å². The number of hydrogen-bond acceptors (Lipinski definition) is 2. The second-order valence-electron chi connectivity index (χ2n) is 5.77. The minimum Gasteiger partial charge on any atom is -0.315 e. The average molecular weight is 258 g/mol. The van der Waals surface area contributed by atoms with E-state index in [1.807, 2.05) is 18.5 Å². The molecule has 0 aliphatic rings. The number of nitrogens with one attached hydrogen (secondary N) is 1. The van der Waals surface area contributed by atoms with Crippen molar-refractivity contribution in [2.45, 2.75) is 47.6 Å². The maximum atomic E-state index is 6.09. The lowest BCUT2D eigenvalue weighted by Gasteiger charge is -2.18. The highest BCUT2D eigenvalue weighted by Gasteiger charge is 2.10. The summed E-state index contributed by atoms with van der Waals surface area (Å²) < 4.78 is 1.97. The quantitative estimate of drug-likeness (QED) is 0.821. The molecule has 0 atom stereocenters. The third-order valence-electron chi connectivity index (χ3n) is 2.85. The molecule has 0 aromatic carbocycles. The van der Waals surface area contributed by atoms with Gasteiger partial charge in [0.2, 0.25) is 0 Å². The van der Waals surface area contributed by atoms with Gasteiger partial charge in [0.05, 0.1) is 23.0 Å². The Hall–Kier alpha value is -0.540. The van der Waals surface area contributed by atoms with Crippen molar-refractivity contribution >= 4 is 11.6 Å². The van der Waals surface area contributed by atoms with Crippen molar-refractivity contribution in [2.75, 3.05) is 13.1 Å². The molecule has 0 aliphatic carbocycles. The summed E-state index contributed by atoms with van der Waals surface area (Å²) in [6.07, 6.45) is 1.19. The molecule has 0 bridgehead atoms. The Balaban J connectivity index is 2.29. The molecule has 0 radical (unpaired) electrons. The van der Waals surface area contributed by atoms with Crippen LogP contribution in [-0.2, 0) is 6.54 Å². The van der Waals surface area contributed by atoms with Gasteiger partial charge < -0.3 is 5.32 Å². The van der Waals surface area contributed by atoms with E-state index in [4.69, 9.17) is 11.6 Å². The first-order valence-electron chi connectivity index (χ1n) is 6.21. The van der Waals surface area contributed by atoms with Crippen LogP contribution < -0.4 is 5.32 Å². The van der Waals surface area contributed by atoms with Crippen molar-refractivity contribution in [1.82, 2.24) is 15.1 Å². The molecule has 1 aromatic rings. The van der Waals surface area contributed by atoms with Gasteiger partial charge in [-0.05, 0) is 32.2 Å². The first kappa shape index (κ1) is 14.5. The number of rotatable bonds is 5. The third kappa shape index (κ3) is 4.68. The summed E-state index contributed by atoms with van der Waals surface area (Å²) >= 11 is 6.09. The van der Waals surface area contributed by atoms with Gasteiger partial charge in [0.25, 0.3) is 0 Å². The fourth-order valence-electron chi connectivity index (χ4n) is 1.67. The van der Waals surface area contributed by atoms with E-state index in [0.29, 0.717) is 5.41 Å². The number of hydrogen-bond donors (Lipinski definition) is 1. The summed E-state index contributed by atoms with van der Waals surface area (Å²) in [6.45, 7) is 13.6. The van der Waals surface area contributed by atoms with Crippen LogP contribution in [0, 0.1) is 19.3 Å². The Bertz CT molecular complexity index is 363. The Morgan fingerprint density at radius 1 is 1.24 bits per heavy atom. The number of halogens is 1. The summed E-state index contributed by atoms with van der Waals surface area (Å²) in [4.78, 5) is 0. The van der Waals surface area contributed by atoms with Gasteiger partial charge in [-0.25, -0.2) is 0 Å². The first-order valence-corrected chi connectivity index (χ1v) is 6.59. The van der Waals surface area contributed by atoms with Gasteiger partial charge in [-0.3, -0.25) is 4.68 Å². The van der Waals surface area contributed by atoms with Crippen LogP contribution in [0.25, 0.3) is 0 Å². The predicted octanol–water partition coefficient (Wildman–Crippen LogP) is 3.18.